The Morgan fingerprint density at radius 1 is 1.40 bits per heavy atom. The van der Waals surface area contributed by atoms with Crippen LogP contribution < -0.4 is 20.1 Å². The molecule has 1 saturated heterocycles. The molecule has 1 aliphatic heterocycles. The third-order valence-corrected chi connectivity index (χ3v) is 3.60. The van der Waals surface area contributed by atoms with Crippen LogP contribution in [0.2, 0.25) is 0 Å². The van der Waals surface area contributed by atoms with Crippen LogP contribution in [0.5, 0.6) is 11.5 Å². The fourth-order valence-electron chi connectivity index (χ4n) is 2.42. The SMILES string of the molecule is COc1ccc(C(=O)NCC2CCCNC2)c(OC)c1. The lowest BCUT2D eigenvalue weighted by Crippen LogP contribution is -2.38. The molecule has 5 nitrogen and oxygen atoms in total. The Balaban J connectivity index is 1.97. The van der Waals surface area contributed by atoms with Gasteiger partial charge in [-0.05, 0) is 44.0 Å². The average molecular weight is 278 g/mol. The highest BCUT2D eigenvalue weighted by atomic mass is 16.5. The van der Waals surface area contributed by atoms with Crippen LogP contribution in [0, 0.1) is 5.92 Å². The smallest absolute Gasteiger partial charge is 0.255 e. The van der Waals surface area contributed by atoms with E-state index in [1.165, 1.54) is 6.42 Å². The zero-order valence-electron chi connectivity index (χ0n) is 12.1. The highest BCUT2D eigenvalue weighted by molar-refractivity contribution is 5.97. The van der Waals surface area contributed by atoms with Crippen LogP contribution in [0.4, 0.5) is 0 Å². The van der Waals surface area contributed by atoms with E-state index in [4.69, 9.17) is 9.47 Å². The maximum Gasteiger partial charge on any atom is 0.255 e. The van der Waals surface area contributed by atoms with E-state index in [1.807, 2.05) is 0 Å². The van der Waals surface area contributed by atoms with Crippen molar-refractivity contribution in [3.05, 3.63) is 23.8 Å². The molecule has 1 aromatic rings. The van der Waals surface area contributed by atoms with Gasteiger partial charge in [0.15, 0.2) is 0 Å². The van der Waals surface area contributed by atoms with Gasteiger partial charge < -0.3 is 20.1 Å². The Kier molecular flexibility index (Phi) is 5.24. The van der Waals surface area contributed by atoms with Gasteiger partial charge in [0.2, 0.25) is 0 Å². The first-order valence-corrected chi connectivity index (χ1v) is 6.95. The van der Waals surface area contributed by atoms with E-state index in [0.717, 1.165) is 19.5 Å². The van der Waals surface area contributed by atoms with Gasteiger partial charge in [0.05, 0.1) is 19.8 Å². The van der Waals surface area contributed by atoms with Crippen LogP contribution in [0.15, 0.2) is 18.2 Å². The minimum Gasteiger partial charge on any atom is -0.497 e. The largest absolute Gasteiger partial charge is 0.497 e. The molecule has 0 bridgehead atoms. The first-order valence-electron chi connectivity index (χ1n) is 6.95. The summed E-state index contributed by atoms with van der Waals surface area (Å²) in [6.45, 7) is 2.75. The van der Waals surface area contributed by atoms with Gasteiger partial charge in [0.1, 0.15) is 11.5 Å². The van der Waals surface area contributed by atoms with Crippen molar-refractivity contribution in [2.75, 3.05) is 33.9 Å². The number of amides is 1. The Bertz CT molecular complexity index is 456. The van der Waals surface area contributed by atoms with Gasteiger partial charge in [-0.15, -0.1) is 0 Å². The van der Waals surface area contributed by atoms with Crippen molar-refractivity contribution >= 4 is 5.91 Å². The lowest BCUT2D eigenvalue weighted by atomic mass is 9.99. The van der Waals surface area contributed by atoms with Crippen molar-refractivity contribution < 1.29 is 14.3 Å². The van der Waals surface area contributed by atoms with Gasteiger partial charge in [-0.3, -0.25) is 4.79 Å². The summed E-state index contributed by atoms with van der Waals surface area (Å²) in [7, 11) is 3.14. The van der Waals surface area contributed by atoms with E-state index < -0.39 is 0 Å². The predicted octanol–water partition coefficient (Wildman–Crippen LogP) is 1.43. The topological polar surface area (TPSA) is 59.6 Å². The molecule has 1 heterocycles. The number of methoxy groups -OCH3 is 2. The number of ether oxygens (including phenoxy) is 2. The van der Waals surface area contributed by atoms with Gasteiger partial charge in [0, 0.05) is 12.6 Å². The first kappa shape index (κ1) is 14.7. The molecule has 2 N–H and O–H groups in total. The molecule has 1 amide bonds. The van der Waals surface area contributed by atoms with Crippen molar-refractivity contribution in [2.45, 2.75) is 12.8 Å². The number of hydrogen-bond acceptors (Lipinski definition) is 4. The lowest BCUT2D eigenvalue weighted by molar-refractivity contribution is 0.0941. The first-order chi connectivity index (χ1) is 9.74. The van der Waals surface area contributed by atoms with Crippen molar-refractivity contribution in [1.29, 1.82) is 0 Å². The summed E-state index contributed by atoms with van der Waals surface area (Å²) in [5.74, 6) is 1.62. The highest BCUT2D eigenvalue weighted by Gasteiger charge is 2.17. The number of carbonyl (C=O) groups excluding carboxylic acids is 1. The highest BCUT2D eigenvalue weighted by Crippen LogP contribution is 2.24. The van der Waals surface area contributed by atoms with Gasteiger partial charge in [-0.25, -0.2) is 0 Å². The summed E-state index contributed by atoms with van der Waals surface area (Å²) in [6, 6.07) is 5.21. The van der Waals surface area contributed by atoms with E-state index >= 15 is 0 Å². The Labute approximate surface area is 119 Å². The van der Waals surface area contributed by atoms with Crippen LogP contribution in [0.1, 0.15) is 23.2 Å². The molecule has 0 aromatic heterocycles. The number of rotatable bonds is 5. The monoisotopic (exact) mass is 278 g/mol. The molecule has 110 valence electrons. The number of piperidine rings is 1. The second kappa shape index (κ2) is 7.14. The summed E-state index contributed by atoms with van der Waals surface area (Å²) in [5, 5.41) is 6.32. The van der Waals surface area contributed by atoms with E-state index in [-0.39, 0.29) is 5.91 Å². The zero-order chi connectivity index (χ0) is 14.4. The molecule has 1 atom stereocenters. The molecular formula is C15H22N2O3. The van der Waals surface area contributed by atoms with Gasteiger partial charge in [0.25, 0.3) is 5.91 Å². The Morgan fingerprint density at radius 3 is 2.90 bits per heavy atom. The number of carbonyl (C=O) groups is 1. The standard InChI is InChI=1S/C15H22N2O3/c1-19-12-5-6-13(14(8-12)20-2)15(18)17-10-11-4-3-7-16-9-11/h5-6,8,11,16H,3-4,7,9-10H2,1-2H3,(H,17,18). The molecular weight excluding hydrogens is 256 g/mol. The van der Waals surface area contributed by atoms with Gasteiger partial charge in [-0.2, -0.15) is 0 Å². The summed E-state index contributed by atoms with van der Waals surface area (Å²) in [6.07, 6.45) is 2.33. The average Bonchev–Trinajstić information content (AvgIpc) is 2.52. The van der Waals surface area contributed by atoms with Crippen LogP contribution in [0.25, 0.3) is 0 Å². The normalized spacial score (nSPS) is 18.4. The summed E-state index contributed by atoms with van der Waals surface area (Å²) in [5.41, 5.74) is 0.539. The second-order valence-electron chi connectivity index (χ2n) is 4.99. The Hall–Kier alpha value is -1.75. The van der Waals surface area contributed by atoms with Gasteiger partial charge in [-0.1, -0.05) is 0 Å². The molecule has 1 aliphatic rings. The molecule has 20 heavy (non-hydrogen) atoms. The molecule has 0 saturated carbocycles. The molecule has 1 fully saturated rings. The zero-order valence-corrected chi connectivity index (χ0v) is 12.1. The van der Waals surface area contributed by atoms with E-state index in [1.54, 1.807) is 32.4 Å². The number of benzene rings is 1. The number of hydrogen-bond donors (Lipinski definition) is 2. The molecule has 0 radical (unpaired) electrons. The number of nitrogens with one attached hydrogen (secondary N) is 2. The fraction of sp³-hybridized carbons (Fsp3) is 0.533. The molecule has 0 aliphatic carbocycles. The van der Waals surface area contributed by atoms with E-state index in [2.05, 4.69) is 10.6 Å². The van der Waals surface area contributed by atoms with Crippen molar-refractivity contribution in [3.8, 4) is 11.5 Å². The van der Waals surface area contributed by atoms with Crippen LogP contribution in [0.3, 0.4) is 0 Å². The van der Waals surface area contributed by atoms with Crippen LogP contribution in [-0.2, 0) is 0 Å². The van der Waals surface area contributed by atoms with Crippen molar-refractivity contribution in [3.63, 3.8) is 0 Å². The molecule has 1 unspecified atom stereocenters. The second-order valence-corrected chi connectivity index (χ2v) is 4.99. The third kappa shape index (κ3) is 3.63. The summed E-state index contributed by atoms with van der Waals surface area (Å²) < 4.78 is 10.4. The van der Waals surface area contributed by atoms with Crippen molar-refractivity contribution in [1.82, 2.24) is 10.6 Å². The predicted molar refractivity (Wildman–Crippen MR) is 77.5 cm³/mol. The van der Waals surface area contributed by atoms with Crippen LogP contribution >= 0.6 is 0 Å². The maximum atomic E-state index is 12.2. The fourth-order valence-corrected chi connectivity index (χ4v) is 2.42. The van der Waals surface area contributed by atoms with Gasteiger partial charge >= 0.3 is 0 Å². The van der Waals surface area contributed by atoms with Crippen molar-refractivity contribution in [2.24, 2.45) is 5.92 Å². The molecule has 1 aromatic carbocycles. The minimum absolute atomic E-state index is 0.102. The molecule has 5 heteroatoms. The maximum absolute atomic E-state index is 12.2. The van der Waals surface area contributed by atoms with E-state index in [0.29, 0.717) is 29.5 Å². The third-order valence-electron chi connectivity index (χ3n) is 3.60. The lowest BCUT2D eigenvalue weighted by Gasteiger charge is -2.23. The minimum atomic E-state index is -0.102. The quantitative estimate of drug-likeness (QED) is 0.855. The summed E-state index contributed by atoms with van der Waals surface area (Å²) >= 11 is 0. The van der Waals surface area contributed by atoms with E-state index in [9.17, 15) is 4.79 Å². The molecule has 0 spiro atoms. The Morgan fingerprint density at radius 2 is 2.25 bits per heavy atom. The summed E-state index contributed by atoms with van der Waals surface area (Å²) in [4.78, 5) is 12.2. The van der Waals surface area contributed by atoms with Crippen LogP contribution in [-0.4, -0.2) is 39.8 Å². The molecule has 2 rings (SSSR count).